The number of carbonyl (C=O) groups is 1. The van der Waals surface area contributed by atoms with Gasteiger partial charge in [0.25, 0.3) is 0 Å². The van der Waals surface area contributed by atoms with Crippen LogP contribution < -0.4 is 9.64 Å². The average Bonchev–Trinajstić information content (AvgIpc) is 2.89. The molecule has 0 spiro atoms. The molecule has 1 saturated heterocycles. The summed E-state index contributed by atoms with van der Waals surface area (Å²) in [6.07, 6.45) is 4.94. The zero-order valence-electron chi connectivity index (χ0n) is 25.3. The lowest BCUT2D eigenvalue weighted by Gasteiger charge is -2.40. The molecule has 1 N–H and O–H groups in total. The van der Waals surface area contributed by atoms with E-state index in [9.17, 15) is 14.3 Å². The van der Waals surface area contributed by atoms with E-state index in [2.05, 4.69) is 23.7 Å². The number of carboxylic acids is 1. The maximum absolute atomic E-state index is 13.2. The minimum absolute atomic E-state index is 0.217. The number of hydrogen-bond acceptors (Lipinski definition) is 6. The highest BCUT2D eigenvalue weighted by atomic mass is 19.1. The van der Waals surface area contributed by atoms with Gasteiger partial charge in [-0.05, 0) is 82.2 Å². The molecule has 0 saturated carbocycles. The van der Waals surface area contributed by atoms with Crippen molar-refractivity contribution >= 4 is 11.7 Å². The van der Waals surface area contributed by atoms with Crippen molar-refractivity contribution in [1.82, 2.24) is 9.97 Å². The van der Waals surface area contributed by atoms with Gasteiger partial charge in [-0.3, -0.25) is 9.97 Å². The van der Waals surface area contributed by atoms with Crippen LogP contribution in [0, 0.1) is 25.1 Å². The molecule has 0 aliphatic carbocycles. The average molecular weight is 564 g/mol. The lowest BCUT2D eigenvalue weighted by Crippen LogP contribution is -2.39. The van der Waals surface area contributed by atoms with Gasteiger partial charge in [-0.25, -0.2) is 9.18 Å². The van der Waals surface area contributed by atoms with Crippen molar-refractivity contribution in [3.8, 4) is 17.0 Å². The van der Waals surface area contributed by atoms with E-state index < -0.39 is 17.7 Å². The number of ether oxygens (including phenoxy) is 2. The van der Waals surface area contributed by atoms with Gasteiger partial charge in [0.2, 0.25) is 0 Å². The number of anilines is 1. The third-order valence-electron chi connectivity index (χ3n) is 7.58. The molecule has 2 aromatic heterocycles. The number of aliphatic carboxylic acids is 1. The number of rotatable bonds is 9. The number of aromatic nitrogens is 2. The van der Waals surface area contributed by atoms with Crippen LogP contribution in [-0.4, -0.2) is 46.3 Å². The second kappa shape index (κ2) is 12.1. The topological polar surface area (TPSA) is 84.8 Å². The van der Waals surface area contributed by atoms with Gasteiger partial charge in [0.15, 0.2) is 6.10 Å². The minimum atomic E-state index is -1.18. The Bertz CT molecular complexity index is 1370. The maximum Gasteiger partial charge on any atom is 0.337 e. The number of pyridine rings is 2. The summed E-state index contributed by atoms with van der Waals surface area (Å²) in [5, 5.41) is 10.3. The number of carboxylic acid groups (broad SMARTS) is 1. The molecule has 220 valence electrons. The minimum Gasteiger partial charge on any atom is -0.491 e. The highest BCUT2D eigenvalue weighted by molar-refractivity contribution is 5.85. The number of benzene rings is 1. The lowest BCUT2D eigenvalue weighted by atomic mass is 9.82. The monoisotopic (exact) mass is 563 g/mol. The van der Waals surface area contributed by atoms with Gasteiger partial charge in [-0.15, -0.1) is 0 Å². The highest BCUT2D eigenvalue weighted by Gasteiger charge is 2.36. The standard InChI is InChI=1S/C33H42FN3O4/c1-21-18-26(36-20-27(21)40-17-12-23-8-10-24(34)11-9-23)25-19-35-22(2)28(30(31(38)39)41-32(3,4)5)29(25)37-15-13-33(6,7)14-16-37/h8-11,18-20,30H,12-17H2,1-7H3,(H,38,39)/t30-/m0/s1. The quantitative estimate of drug-likeness (QED) is 0.298. The molecular weight excluding hydrogens is 521 g/mol. The first-order valence-corrected chi connectivity index (χ1v) is 14.2. The number of piperidine rings is 1. The predicted molar refractivity (Wildman–Crippen MR) is 159 cm³/mol. The Morgan fingerprint density at radius 2 is 1.76 bits per heavy atom. The largest absolute Gasteiger partial charge is 0.491 e. The summed E-state index contributed by atoms with van der Waals surface area (Å²) >= 11 is 0. The summed E-state index contributed by atoms with van der Waals surface area (Å²) in [4.78, 5) is 24.3. The number of nitrogens with zero attached hydrogens (tertiary/aromatic N) is 3. The van der Waals surface area contributed by atoms with E-state index in [0.29, 0.717) is 35.7 Å². The molecule has 1 aromatic carbocycles. The van der Waals surface area contributed by atoms with Crippen LogP contribution in [0.5, 0.6) is 5.75 Å². The summed E-state index contributed by atoms with van der Waals surface area (Å²) in [7, 11) is 0. The van der Waals surface area contributed by atoms with E-state index in [1.165, 1.54) is 12.1 Å². The second-order valence-electron chi connectivity index (χ2n) is 12.7. The third kappa shape index (κ3) is 7.61. The van der Waals surface area contributed by atoms with E-state index in [0.717, 1.165) is 48.3 Å². The molecule has 1 atom stereocenters. The number of aryl methyl sites for hydroxylation is 2. The molecular formula is C33H42FN3O4. The molecule has 3 aromatic rings. The summed E-state index contributed by atoms with van der Waals surface area (Å²) in [5.41, 5.74) is 4.93. The van der Waals surface area contributed by atoms with Gasteiger partial charge >= 0.3 is 5.97 Å². The van der Waals surface area contributed by atoms with Crippen LogP contribution in [0.15, 0.2) is 42.7 Å². The Morgan fingerprint density at radius 1 is 1.10 bits per heavy atom. The van der Waals surface area contributed by atoms with Crippen LogP contribution in [0.3, 0.4) is 0 Å². The van der Waals surface area contributed by atoms with Crippen LogP contribution in [0.2, 0.25) is 0 Å². The van der Waals surface area contributed by atoms with Crippen LogP contribution >= 0.6 is 0 Å². The Balaban J connectivity index is 1.71. The molecule has 4 rings (SSSR count). The van der Waals surface area contributed by atoms with Gasteiger partial charge in [0.05, 0.1) is 29.8 Å². The van der Waals surface area contributed by atoms with Crippen molar-refractivity contribution in [2.45, 2.75) is 79.4 Å². The highest BCUT2D eigenvalue weighted by Crippen LogP contribution is 2.43. The summed E-state index contributed by atoms with van der Waals surface area (Å²) in [5.74, 6) is -0.641. The normalized spacial score (nSPS) is 16.0. The molecule has 41 heavy (non-hydrogen) atoms. The van der Waals surface area contributed by atoms with Crippen molar-refractivity contribution in [2.75, 3.05) is 24.6 Å². The van der Waals surface area contributed by atoms with Crippen molar-refractivity contribution in [3.05, 3.63) is 70.9 Å². The van der Waals surface area contributed by atoms with E-state index in [1.54, 1.807) is 24.5 Å². The fourth-order valence-corrected chi connectivity index (χ4v) is 5.14. The first-order chi connectivity index (χ1) is 19.2. The SMILES string of the molecule is Cc1cc(-c2cnc(C)c([C@H](OC(C)(C)C)C(=O)O)c2N2CCC(C)(C)CC2)ncc1OCCc1ccc(F)cc1. The summed E-state index contributed by atoms with van der Waals surface area (Å²) in [6.45, 7) is 15.9. The molecule has 7 nitrogen and oxygen atoms in total. The zero-order chi connectivity index (χ0) is 29.9. The molecule has 3 heterocycles. The van der Waals surface area contributed by atoms with Crippen LogP contribution in [0.25, 0.3) is 11.3 Å². The first kappa shape index (κ1) is 30.4. The second-order valence-corrected chi connectivity index (χ2v) is 12.7. The number of halogens is 1. The molecule has 0 amide bonds. The Hall–Kier alpha value is -3.52. The molecule has 0 unspecified atom stereocenters. The van der Waals surface area contributed by atoms with Crippen LogP contribution in [0.4, 0.5) is 10.1 Å². The maximum atomic E-state index is 13.2. The van der Waals surface area contributed by atoms with Gasteiger partial charge < -0.3 is 19.5 Å². The van der Waals surface area contributed by atoms with Crippen molar-refractivity contribution < 1.29 is 23.8 Å². The Morgan fingerprint density at radius 3 is 2.34 bits per heavy atom. The smallest absolute Gasteiger partial charge is 0.337 e. The van der Waals surface area contributed by atoms with E-state index in [4.69, 9.17) is 14.5 Å². The molecule has 0 bridgehead atoms. The lowest BCUT2D eigenvalue weighted by molar-refractivity contribution is -0.160. The molecule has 1 aliphatic heterocycles. The fourth-order valence-electron chi connectivity index (χ4n) is 5.14. The van der Waals surface area contributed by atoms with Crippen molar-refractivity contribution in [1.29, 1.82) is 0 Å². The van der Waals surface area contributed by atoms with E-state index >= 15 is 0 Å². The predicted octanol–water partition coefficient (Wildman–Crippen LogP) is 7.09. The molecule has 8 heteroatoms. The van der Waals surface area contributed by atoms with Gasteiger partial charge in [-0.2, -0.15) is 0 Å². The van der Waals surface area contributed by atoms with E-state index in [-0.39, 0.29) is 11.2 Å². The molecule has 1 aliphatic rings. The summed E-state index contributed by atoms with van der Waals surface area (Å²) < 4.78 is 25.4. The van der Waals surface area contributed by atoms with Gasteiger partial charge in [0.1, 0.15) is 11.6 Å². The Kier molecular flexibility index (Phi) is 9.02. The molecule has 0 radical (unpaired) electrons. The summed E-state index contributed by atoms with van der Waals surface area (Å²) in [6, 6.07) is 8.37. The van der Waals surface area contributed by atoms with Crippen LogP contribution in [0.1, 0.15) is 75.9 Å². The molecule has 1 fully saturated rings. The van der Waals surface area contributed by atoms with Crippen LogP contribution in [-0.2, 0) is 16.0 Å². The van der Waals surface area contributed by atoms with Gasteiger partial charge in [0, 0.05) is 42.5 Å². The fraction of sp³-hybridized carbons (Fsp3) is 0.485. The first-order valence-electron chi connectivity index (χ1n) is 14.2. The van der Waals surface area contributed by atoms with Crippen molar-refractivity contribution in [3.63, 3.8) is 0 Å². The Labute approximate surface area is 242 Å². The van der Waals surface area contributed by atoms with Gasteiger partial charge in [-0.1, -0.05) is 26.0 Å². The van der Waals surface area contributed by atoms with E-state index in [1.807, 2.05) is 40.7 Å². The third-order valence-corrected chi connectivity index (χ3v) is 7.58. The number of hydrogen-bond donors (Lipinski definition) is 1. The zero-order valence-corrected chi connectivity index (χ0v) is 25.3. The van der Waals surface area contributed by atoms with Crippen molar-refractivity contribution in [2.24, 2.45) is 5.41 Å².